The molecule has 2 aromatic rings. The van der Waals surface area contributed by atoms with Crippen LogP contribution in [-0.2, 0) is 10.1 Å². The molecule has 2 N–H and O–H groups in total. The summed E-state index contributed by atoms with van der Waals surface area (Å²) in [5, 5.41) is 0. The number of hydrogen-bond donors (Lipinski definition) is 1. The van der Waals surface area contributed by atoms with E-state index in [-0.39, 0.29) is 77.2 Å². The third-order valence-corrected chi connectivity index (χ3v) is 5.15. The van der Waals surface area contributed by atoms with Gasteiger partial charge in [-0.3, -0.25) is 9.59 Å². The summed E-state index contributed by atoms with van der Waals surface area (Å²) in [6, 6.07) is 7.22. The van der Waals surface area contributed by atoms with Crippen molar-refractivity contribution in [2.45, 2.75) is 4.90 Å². The maximum absolute atomic E-state index is 12.6. The monoisotopic (exact) mass is 467 g/mol. The van der Waals surface area contributed by atoms with E-state index in [9.17, 15) is 22.6 Å². The minimum absolute atomic E-state index is 0. The molecule has 6 nitrogen and oxygen atoms in total. The molecule has 0 aromatic heterocycles. The van der Waals surface area contributed by atoms with Gasteiger partial charge in [-0.15, -0.1) is 0 Å². The Morgan fingerprint density at radius 2 is 1.48 bits per heavy atom. The molecule has 3 rings (SSSR count). The number of ketones is 2. The molecular weight excluding hydrogens is 460 g/mol. The average Bonchev–Trinajstić information content (AvgIpc) is 2.45. The maximum Gasteiger partial charge on any atom is 1.00 e. The second-order valence-electron chi connectivity index (χ2n) is 4.68. The Kier molecular flexibility index (Phi) is 5.53. The quantitative estimate of drug-likeness (QED) is 0.203. The number of benzene rings is 2. The normalized spacial score (nSPS) is 13.1. The molecule has 2 aromatic carbocycles. The van der Waals surface area contributed by atoms with Crippen LogP contribution in [0.4, 0.5) is 5.69 Å². The molecule has 1 aliphatic carbocycles. The predicted molar refractivity (Wildman–Crippen MR) is 84.8 cm³/mol. The Labute approximate surface area is 188 Å². The third-order valence-electron chi connectivity index (χ3n) is 3.42. The zero-order valence-electron chi connectivity index (χ0n) is 11.8. The number of halogens is 1. The van der Waals surface area contributed by atoms with Crippen LogP contribution >= 0.6 is 22.6 Å². The summed E-state index contributed by atoms with van der Waals surface area (Å²) >= 11 is 1.72. The summed E-state index contributed by atoms with van der Waals surface area (Å²) in [6.07, 6.45) is 0. The van der Waals surface area contributed by atoms with Gasteiger partial charge in [0.25, 0.3) is 0 Å². The zero-order valence-corrected chi connectivity index (χ0v) is 17.9. The number of hydrogen-bond acceptors (Lipinski definition) is 6. The smallest absolute Gasteiger partial charge is 0.744 e. The van der Waals surface area contributed by atoms with Crippen molar-refractivity contribution in [1.82, 2.24) is 0 Å². The molecule has 112 valence electrons. The van der Waals surface area contributed by atoms with Gasteiger partial charge in [0.15, 0.2) is 11.6 Å². The third kappa shape index (κ3) is 3.08. The largest absolute Gasteiger partial charge is 1.00 e. The predicted octanol–water partition coefficient (Wildman–Crippen LogP) is -1.44. The second kappa shape index (κ2) is 6.63. The Bertz CT molecular complexity index is 971. The van der Waals surface area contributed by atoms with E-state index in [1.165, 1.54) is 12.1 Å². The molecule has 9 heteroatoms. The van der Waals surface area contributed by atoms with Gasteiger partial charge in [-0.1, -0.05) is 24.3 Å². The number of carbonyl (C=O) groups excluding carboxylic acids is 2. The van der Waals surface area contributed by atoms with Gasteiger partial charge >= 0.3 is 51.4 Å². The molecule has 0 fully saturated rings. The van der Waals surface area contributed by atoms with Crippen LogP contribution in [0.1, 0.15) is 31.8 Å². The van der Waals surface area contributed by atoms with Crippen LogP contribution in [-0.4, -0.2) is 24.5 Å². The molecule has 0 aliphatic heterocycles. The average molecular weight is 467 g/mol. The molecule has 0 radical (unpaired) electrons. The van der Waals surface area contributed by atoms with Crippen LogP contribution in [0.2, 0.25) is 0 Å². The van der Waals surface area contributed by atoms with Crippen molar-refractivity contribution in [1.29, 1.82) is 0 Å². The van der Waals surface area contributed by atoms with Gasteiger partial charge in [0, 0.05) is 20.3 Å². The fraction of sp³-hybridized carbons (Fsp3) is 0. The standard InChI is InChI=1S/C14H8INO5S.K/c15-8-5-9(22(19,20)21)12(16)11-10(8)13(17)6-3-1-2-4-7(6)14(11)18;/h1-5H,16H2,(H,19,20,21);/q;+1/p-1. The fourth-order valence-corrected chi connectivity index (χ4v) is 4.13. The summed E-state index contributed by atoms with van der Waals surface area (Å²) < 4.78 is 34.1. The molecule has 1 aliphatic rings. The van der Waals surface area contributed by atoms with E-state index in [0.29, 0.717) is 0 Å². The van der Waals surface area contributed by atoms with Crippen molar-refractivity contribution in [3.63, 3.8) is 0 Å². The Morgan fingerprint density at radius 1 is 1.00 bits per heavy atom. The van der Waals surface area contributed by atoms with Gasteiger partial charge in [0.05, 0.1) is 16.1 Å². The molecule has 0 heterocycles. The van der Waals surface area contributed by atoms with Crippen molar-refractivity contribution in [2.24, 2.45) is 0 Å². The first-order chi connectivity index (χ1) is 10.2. The van der Waals surface area contributed by atoms with Gasteiger partial charge in [0.1, 0.15) is 10.1 Å². The van der Waals surface area contributed by atoms with E-state index in [1.807, 2.05) is 0 Å². The molecule has 0 spiro atoms. The van der Waals surface area contributed by atoms with Crippen LogP contribution in [0.25, 0.3) is 0 Å². The van der Waals surface area contributed by atoms with Crippen LogP contribution < -0.4 is 57.1 Å². The summed E-state index contributed by atoms with van der Waals surface area (Å²) in [5.41, 5.74) is 5.43. The Morgan fingerprint density at radius 3 is 1.96 bits per heavy atom. The van der Waals surface area contributed by atoms with Gasteiger partial charge in [-0.05, 0) is 28.7 Å². The van der Waals surface area contributed by atoms with Crippen molar-refractivity contribution < 1.29 is 73.9 Å². The van der Waals surface area contributed by atoms with Crippen molar-refractivity contribution >= 4 is 50.0 Å². The number of fused-ring (bicyclic) bond motifs is 2. The molecule has 23 heavy (non-hydrogen) atoms. The first-order valence-electron chi connectivity index (χ1n) is 5.99. The van der Waals surface area contributed by atoms with Gasteiger partial charge in [0.2, 0.25) is 0 Å². The summed E-state index contributed by atoms with van der Waals surface area (Å²) in [6.45, 7) is 0. The first kappa shape index (κ1) is 19.2. The number of rotatable bonds is 1. The summed E-state index contributed by atoms with van der Waals surface area (Å²) in [4.78, 5) is 24.4. The molecule has 0 saturated carbocycles. The molecule has 0 amide bonds. The van der Waals surface area contributed by atoms with Crippen LogP contribution in [0.15, 0.2) is 35.2 Å². The summed E-state index contributed by atoms with van der Waals surface area (Å²) in [7, 11) is -4.85. The van der Waals surface area contributed by atoms with Gasteiger partial charge in [-0.2, -0.15) is 0 Å². The summed E-state index contributed by atoms with van der Waals surface area (Å²) in [5.74, 6) is -0.984. The van der Waals surface area contributed by atoms with E-state index in [2.05, 4.69) is 0 Å². The number of nitrogen functional groups attached to an aromatic ring is 1. The van der Waals surface area contributed by atoms with Crippen molar-refractivity contribution in [3.05, 3.63) is 56.2 Å². The first-order valence-corrected chi connectivity index (χ1v) is 8.48. The molecule has 0 atom stereocenters. The van der Waals surface area contributed by atoms with E-state index in [4.69, 9.17) is 5.73 Å². The Balaban J connectivity index is 0.00000192. The maximum atomic E-state index is 12.6. The van der Waals surface area contributed by atoms with Crippen molar-refractivity contribution in [2.75, 3.05) is 5.73 Å². The minimum atomic E-state index is -4.85. The zero-order chi connectivity index (χ0) is 16.2. The van der Waals surface area contributed by atoms with Crippen LogP contribution in [0, 0.1) is 3.57 Å². The molecule has 0 saturated heterocycles. The van der Waals surface area contributed by atoms with E-state index < -0.39 is 32.3 Å². The topological polar surface area (TPSA) is 117 Å². The van der Waals surface area contributed by atoms with E-state index >= 15 is 0 Å². The number of carbonyl (C=O) groups is 2. The van der Waals surface area contributed by atoms with Gasteiger partial charge < -0.3 is 10.3 Å². The van der Waals surface area contributed by atoms with E-state index in [1.54, 1.807) is 34.7 Å². The molecule has 0 unspecified atom stereocenters. The second-order valence-corrected chi connectivity index (χ2v) is 7.19. The van der Waals surface area contributed by atoms with Crippen LogP contribution in [0.5, 0.6) is 0 Å². The molecular formula is C14H7IKNO5S. The van der Waals surface area contributed by atoms with E-state index in [0.717, 1.165) is 6.07 Å². The molecule has 0 bridgehead atoms. The van der Waals surface area contributed by atoms with Gasteiger partial charge in [-0.25, -0.2) is 8.42 Å². The fourth-order valence-electron chi connectivity index (χ4n) is 2.46. The SMILES string of the molecule is Nc1c(S(=O)(=O)[O-])cc(I)c2c1C(=O)c1ccccc1C2=O.[K+]. The number of nitrogens with two attached hydrogens (primary N) is 1. The van der Waals surface area contributed by atoms with Crippen LogP contribution in [0.3, 0.4) is 0 Å². The Hall–Kier alpha value is -0.144. The number of anilines is 1. The minimum Gasteiger partial charge on any atom is -0.744 e. The van der Waals surface area contributed by atoms with Crippen molar-refractivity contribution in [3.8, 4) is 0 Å².